The average Bonchev–Trinajstić information content (AvgIpc) is 3.26. The first-order valence-corrected chi connectivity index (χ1v) is 10.2. The Bertz CT molecular complexity index is 1380. The van der Waals surface area contributed by atoms with Crippen LogP contribution in [-0.4, -0.2) is 35.4 Å². The van der Waals surface area contributed by atoms with Crippen LogP contribution in [0, 0.1) is 10.1 Å². The number of rotatable bonds is 8. The number of anilines is 2. The van der Waals surface area contributed by atoms with Crippen LogP contribution in [0.2, 0.25) is 0 Å². The second-order valence-corrected chi connectivity index (χ2v) is 7.21. The zero-order chi connectivity index (χ0) is 24.1. The molecule has 10 nitrogen and oxygen atoms in total. The van der Waals surface area contributed by atoms with Gasteiger partial charge in [0, 0.05) is 40.6 Å². The number of aromatic nitrogens is 1. The van der Waals surface area contributed by atoms with Crippen molar-refractivity contribution in [3.8, 4) is 11.5 Å². The Morgan fingerprint density at radius 1 is 0.971 bits per heavy atom. The number of fused-ring (bicyclic) bond motifs is 1. The van der Waals surface area contributed by atoms with Crippen molar-refractivity contribution in [3.05, 3.63) is 88.6 Å². The van der Waals surface area contributed by atoms with E-state index in [1.807, 2.05) is 0 Å². The summed E-state index contributed by atoms with van der Waals surface area (Å²) >= 11 is 0. The number of aromatic amines is 1. The fourth-order valence-electron chi connectivity index (χ4n) is 3.36. The van der Waals surface area contributed by atoms with Crippen LogP contribution in [-0.2, 0) is 4.79 Å². The zero-order valence-corrected chi connectivity index (χ0v) is 18.0. The average molecular weight is 460 g/mol. The molecule has 0 radical (unpaired) electrons. The first-order valence-electron chi connectivity index (χ1n) is 10.2. The van der Waals surface area contributed by atoms with Gasteiger partial charge < -0.3 is 25.1 Å². The number of benzene rings is 3. The van der Waals surface area contributed by atoms with E-state index in [0.29, 0.717) is 33.8 Å². The van der Waals surface area contributed by atoms with Gasteiger partial charge in [0.2, 0.25) is 0 Å². The molecule has 0 aliphatic carbocycles. The number of para-hydroxylation sites is 2. The van der Waals surface area contributed by atoms with Crippen molar-refractivity contribution in [2.75, 3.05) is 24.4 Å². The van der Waals surface area contributed by atoms with E-state index in [0.717, 1.165) is 0 Å². The summed E-state index contributed by atoms with van der Waals surface area (Å²) in [6, 6.07) is 17.9. The minimum Gasteiger partial charge on any atom is -0.493 e. The molecule has 0 aliphatic rings. The Labute approximate surface area is 193 Å². The van der Waals surface area contributed by atoms with E-state index >= 15 is 0 Å². The van der Waals surface area contributed by atoms with Gasteiger partial charge >= 0.3 is 0 Å². The van der Waals surface area contributed by atoms with Crippen LogP contribution in [0.15, 0.2) is 72.9 Å². The predicted molar refractivity (Wildman–Crippen MR) is 126 cm³/mol. The molecule has 1 heterocycles. The Morgan fingerprint density at radius 3 is 2.44 bits per heavy atom. The van der Waals surface area contributed by atoms with Crippen LogP contribution < -0.4 is 20.1 Å². The van der Waals surface area contributed by atoms with Crippen molar-refractivity contribution in [1.82, 2.24) is 4.98 Å². The number of carbonyl (C=O) groups excluding carboxylic acids is 2. The minimum absolute atomic E-state index is 0.110. The summed E-state index contributed by atoms with van der Waals surface area (Å²) in [6.07, 6.45) is 1.49. The standard InChI is InChI=1S/C24H20N4O6/c1-33-21-7-2-3-8-22(21)34-14-23(29)26-15-5-4-6-16(11-15)27-24(30)19-13-25-20-10-9-17(28(31)32)12-18(19)20/h2-13,25H,14H2,1H3,(H,26,29)(H,27,30). The second-order valence-electron chi connectivity index (χ2n) is 7.21. The topological polar surface area (TPSA) is 136 Å². The largest absolute Gasteiger partial charge is 0.493 e. The van der Waals surface area contributed by atoms with Gasteiger partial charge in [0.25, 0.3) is 17.5 Å². The zero-order valence-electron chi connectivity index (χ0n) is 18.0. The van der Waals surface area contributed by atoms with Crippen LogP contribution >= 0.6 is 0 Å². The van der Waals surface area contributed by atoms with Gasteiger partial charge in [-0.3, -0.25) is 19.7 Å². The molecule has 0 spiro atoms. The number of nitro benzene ring substituents is 1. The van der Waals surface area contributed by atoms with Crippen LogP contribution in [0.3, 0.4) is 0 Å². The summed E-state index contributed by atoms with van der Waals surface area (Å²) < 4.78 is 10.7. The van der Waals surface area contributed by atoms with Crippen molar-refractivity contribution >= 4 is 39.8 Å². The lowest BCUT2D eigenvalue weighted by Crippen LogP contribution is -2.20. The van der Waals surface area contributed by atoms with Gasteiger partial charge in [-0.15, -0.1) is 0 Å². The first-order chi connectivity index (χ1) is 16.4. The molecule has 0 fully saturated rings. The number of carbonyl (C=O) groups is 2. The monoisotopic (exact) mass is 460 g/mol. The maximum Gasteiger partial charge on any atom is 0.270 e. The molecule has 0 saturated heterocycles. The lowest BCUT2D eigenvalue weighted by Gasteiger charge is -2.11. The number of amides is 2. The van der Waals surface area contributed by atoms with E-state index in [9.17, 15) is 19.7 Å². The van der Waals surface area contributed by atoms with Crippen LogP contribution in [0.4, 0.5) is 17.1 Å². The number of ether oxygens (including phenoxy) is 2. The van der Waals surface area contributed by atoms with E-state index in [4.69, 9.17) is 9.47 Å². The fourth-order valence-corrected chi connectivity index (χ4v) is 3.36. The minimum atomic E-state index is -0.516. The molecular formula is C24H20N4O6. The highest BCUT2D eigenvalue weighted by Crippen LogP contribution is 2.26. The highest BCUT2D eigenvalue weighted by Gasteiger charge is 2.16. The van der Waals surface area contributed by atoms with Gasteiger partial charge in [-0.1, -0.05) is 18.2 Å². The quantitative estimate of drug-likeness (QED) is 0.264. The molecule has 2 amide bonds. The summed E-state index contributed by atoms with van der Waals surface area (Å²) in [7, 11) is 1.51. The fraction of sp³-hybridized carbons (Fsp3) is 0.0833. The van der Waals surface area contributed by atoms with Crippen molar-refractivity contribution in [2.45, 2.75) is 0 Å². The van der Waals surface area contributed by atoms with E-state index in [-0.39, 0.29) is 17.9 Å². The molecule has 3 aromatic carbocycles. The smallest absolute Gasteiger partial charge is 0.270 e. The highest BCUT2D eigenvalue weighted by molar-refractivity contribution is 6.13. The predicted octanol–water partition coefficient (Wildman–Crippen LogP) is 4.35. The molecule has 4 rings (SSSR count). The number of nitro groups is 1. The second kappa shape index (κ2) is 9.74. The molecule has 10 heteroatoms. The van der Waals surface area contributed by atoms with Crippen molar-refractivity contribution in [1.29, 1.82) is 0 Å². The number of hydrogen-bond acceptors (Lipinski definition) is 6. The molecule has 1 aromatic heterocycles. The maximum absolute atomic E-state index is 12.8. The molecule has 0 saturated carbocycles. The number of nitrogens with one attached hydrogen (secondary N) is 3. The highest BCUT2D eigenvalue weighted by atomic mass is 16.6. The summed E-state index contributed by atoms with van der Waals surface area (Å²) in [5.74, 6) is 0.121. The first kappa shape index (κ1) is 22.3. The van der Waals surface area contributed by atoms with Gasteiger partial charge in [-0.2, -0.15) is 0 Å². The Kier molecular flexibility index (Phi) is 6.40. The summed E-state index contributed by atoms with van der Waals surface area (Å²) in [5, 5.41) is 17.0. The van der Waals surface area contributed by atoms with Crippen LogP contribution in [0.1, 0.15) is 10.4 Å². The molecule has 0 unspecified atom stereocenters. The Hall–Kier alpha value is -4.86. The van der Waals surface area contributed by atoms with Crippen molar-refractivity contribution in [3.63, 3.8) is 0 Å². The number of methoxy groups -OCH3 is 1. The molecule has 0 bridgehead atoms. The van der Waals surface area contributed by atoms with Gasteiger partial charge in [0.05, 0.1) is 17.6 Å². The Morgan fingerprint density at radius 2 is 1.71 bits per heavy atom. The SMILES string of the molecule is COc1ccccc1OCC(=O)Nc1cccc(NC(=O)c2c[nH]c3ccc([N+](=O)[O-])cc23)c1. The van der Waals surface area contributed by atoms with Crippen molar-refractivity contribution in [2.24, 2.45) is 0 Å². The third-order valence-corrected chi connectivity index (χ3v) is 4.95. The summed E-state index contributed by atoms with van der Waals surface area (Å²) in [5.41, 5.74) is 1.65. The van der Waals surface area contributed by atoms with E-state index in [1.54, 1.807) is 54.6 Å². The number of hydrogen-bond donors (Lipinski definition) is 3. The third kappa shape index (κ3) is 4.96. The number of non-ortho nitro benzene ring substituents is 1. The normalized spacial score (nSPS) is 10.5. The van der Waals surface area contributed by atoms with E-state index in [1.165, 1.54) is 25.4 Å². The molecule has 172 valence electrons. The molecular weight excluding hydrogens is 440 g/mol. The summed E-state index contributed by atoms with van der Waals surface area (Å²) in [6.45, 7) is -0.231. The molecule has 4 aromatic rings. The molecule has 34 heavy (non-hydrogen) atoms. The van der Waals surface area contributed by atoms with Gasteiger partial charge in [0.15, 0.2) is 18.1 Å². The van der Waals surface area contributed by atoms with Gasteiger partial charge in [-0.05, 0) is 36.4 Å². The Balaban J connectivity index is 1.42. The number of nitrogens with zero attached hydrogens (tertiary/aromatic N) is 1. The lowest BCUT2D eigenvalue weighted by atomic mass is 10.1. The van der Waals surface area contributed by atoms with Gasteiger partial charge in [-0.25, -0.2) is 0 Å². The lowest BCUT2D eigenvalue weighted by molar-refractivity contribution is -0.384. The van der Waals surface area contributed by atoms with Crippen molar-refractivity contribution < 1.29 is 24.0 Å². The van der Waals surface area contributed by atoms with Gasteiger partial charge in [0.1, 0.15) is 0 Å². The molecule has 0 atom stereocenters. The van der Waals surface area contributed by atoms with Crippen LogP contribution in [0.25, 0.3) is 10.9 Å². The third-order valence-electron chi connectivity index (χ3n) is 4.95. The maximum atomic E-state index is 12.8. The van der Waals surface area contributed by atoms with E-state index < -0.39 is 16.7 Å². The molecule has 0 aliphatic heterocycles. The van der Waals surface area contributed by atoms with E-state index in [2.05, 4.69) is 15.6 Å². The summed E-state index contributed by atoms with van der Waals surface area (Å²) in [4.78, 5) is 38.6. The molecule has 3 N–H and O–H groups in total. The van der Waals surface area contributed by atoms with Crippen LogP contribution in [0.5, 0.6) is 11.5 Å². The number of H-pyrrole nitrogens is 1.